The van der Waals surface area contributed by atoms with Gasteiger partial charge in [-0.1, -0.05) is 30.3 Å². The van der Waals surface area contributed by atoms with E-state index in [-0.39, 0.29) is 5.69 Å². The number of fused-ring (bicyclic) bond motifs is 1. The minimum atomic E-state index is -4.52. The monoisotopic (exact) mass is 321 g/mol. The van der Waals surface area contributed by atoms with Gasteiger partial charge < -0.3 is 10.1 Å². The largest absolute Gasteiger partial charge is 0.493 e. The van der Waals surface area contributed by atoms with Crippen LogP contribution in [0.3, 0.4) is 0 Å². The Hall–Kier alpha value is -2.50. The van der Waals surface area contributed by atoms with Crippen LogP contribution >= 0.6 is 0 Å². The highest BCUT2D eigenvalue weighted by atomic mass is 19.4. The average molecular weight is 321 g/mol. The molecule has 120 valence electrons. The summed E-state index contributed by atoms with van der Waals surface area (Å²) in [5, 5.41) is 2.41. The van der Waals surface area contributed by atoms with Gasteiger partial charge in [0.2, 0.25) is 5.91 Å². The third-order valence-corrected chi connectivity index (χ3v) is 3.77. The summed E-state index contributed by atoms with van der Waals surface area (Å²) in [4.78, 5) is 12.5. The van der Waals surface area contributed by atoms with Gasteiger partial charge in [-0.15, -0.1) is 0 Å². The fourth-order valence-corrected chi connectivity index (χ4v) is 2.67. The Kier molecular flexibility index (Phi) is 3.98. The van der Waals surface area contributed by atoms with Crippen molar-refractivity contribution in [1.29, 1.82) is 0 Å². The Morgan fingerprint density at radius 3 is 2.57 bits per heavy atom. The van der Waals surface area contributed by atoms with Gasteiger partial charge in [0.05, 0.1) is 23.8 Å². The van der Waals surface area contributed by atoms with Crippen LogP contribution in [0.2, 0.25) is 0 Å². The summed E-state index contributed by atoms with van der Waals surface area (Å²) in [5.74, 6) is -0.387. The topological polar surface area (TPSA) is 38.3 Å². The molecule has 0 fully saturated rings. The quantitative estimate of drug-likeness (QED) is 0.900. The number of rotatable bonds is 2. The van der Waals surface area contributed by atoms with Crippen molar-refractivity contribution in [2.75, 3.05) is 11.9 Å². The Morgan fingerprint density at radius 2 is 1.78 bits per heavy atom. The highest BCUT2D eigenvalue weighted by Crippen LogP contribution is 2.37. The van der Waals surface area contributed by atoms with E-state index in [4.69, 9.17) is 4.74 Å². The maximum Gasteiger partial charge on any atom is 0.418 e. The number of halogens is 3. The number of nitrogens with one attached hydrogen (secondary N) is 1. The first-order valence-electron chi connectivity index (χ1n) is 7.15. The Balaban J connectivity index is 1.87. The molecule has 0 saturated heterocycles. The van der Waals surface area contributed by atoms with E-state index in [1.807, 2.05) is 0 Å². The third-order valence-electron chi connectivity index (χ3n) is 3.77. The van der Waals surface area contributed by atoms with Crippen molar-refractivity contribution < 1.29 is 22.7 Å². The van der Waals surface area contributed by atoms with Gasteiger partial charge in [-0.25, -0.2) is 0 Å². The molecule has 2 aromatic rings. The summed E-state index contributed by atoms with van der Waals surface area (Å²) in [6.45, 7) is 0.357. The van der Waals surface area contributed by atoms with Gasteiger partial charge in [0.1, 0.15) is 5.75 Å². The van der Waals surface area contributed by atoms with Crippen LogP contribution in [0, 0.1) is 0 Å². The van der Waals surface area contributed by atoms with Crippen molar-refractivity contribution in [2.45, 2.75) is 18.5 Å². The van der Waals surface area contributed by atoms with Crippen LogP contribution in [0.5, 0.6) is 5.75 Å². The molecule has 0 bridgehead atoms. The molecule has 23 heavy (non-hydrogen) atoms. The van der Waals surface area contributed by atoms with Crippen molar-refractivity contribution in [3.63, 3.8) is 0 Å². The summed E-state index contributed by atoms with van der Waals surface area (Å²) >= 11 is 0. The number of benzene rings is 2. The van der Waals surface area contributed by atoms with Crippen LogP contribution < -0.4 is 10.1 Å². The number of hydrogen-bond acceptors (Lipinski definition) is 2. The van der Waals surface area contributed by atoms with Gasteiger partial charge in [0.15, 0.2) is 0 Å². The van der Waals surface area contributed by atoms with Crippen molar-refractivity contribution in [2.24, 2.45) is 0 Å². The van der Waals surface area contributed by atoms with Crippen molar-refractivity contribution >= 4 is 11.6 Å². The second-order valence-electron chi connectivity index (χ2n) is 5.26. The summed E-state index contributed by atoms with van der Waals surface area (Å²) in [7, 11) is 0. The Bertz CT molecular complexity index is 728. The lowest BCUT2D eigenvalue weighted by molar-refractivity contribution is -0.137. The second-order valence-corrected chi connectivity index (χ2v) is 5.26. The number of amides is 1. The lowest BCUT2D eigenvalue weighted by Crippen LogP contribution is -2.27. The van der Waals surface area contributed by atoms with Gasteiger partial charge in [0, 0.05) is 5.56 Å². The molecular weight excluding hydrogens is 307 g/mol. The average Bonchev–Trinajstić information content (AvgIpc) is 2.54. The number of hydrogen-bond donors (Lipinski definition) is 1. The molecule has 1 amide bonds. The molecule has 1 aliphatic heterocycles. The predicted octanol–water partition coefficient (Wildman–Crippen LogP) is 4.21. The zero-order chi connectivity index (χ0) is 16.4. The minimum absolute atomic E-state index is 0.228. The summed E-state index contributed by atoms with van der Waals surface area (Å²) < 4.78 is 44.5. The van der Waals surface area contributed by atoms with Crippen molar-refractivity contribution in [3.05, 3.63) is 59.7 Å². The lowest BCUT2D eigenvalue weighted by atomic mass is 9.92. The van der Waals surface area contributed by atoms with E-state index in [9.17, 15) is 18.0 Å². The van der Waals surface area contributed by atoms with E-state index in [0.717, 1.165) is 6.07 Å². The normalized spacial score (nSPS) is 17.1. The first kappa shape index (κ1) is 15.4. The Morgan fingerprint density at radius 1 is 1.09 bits per heavy atom. The molecule has 1 unspecified atom stereocenters. The molecule has 1 heterocycles. The van der Waals surface area contributed by atoms with Crippen LogP contribution in [-0.4, -0.2) is 12.5 Å². The van der Waals surface area contributed by atoms with Gasteiger partial charge >= 0.3 is 6.18 Å². The molecule has 1 aliphatic rings. The van der Waals surface area contributed by atoms with Crippen LogP contribution in [-0.2, 0) is 11.0 Å². The smallest absolute Gasteiger partial charge is 0.418 e. The number of para-hydroxylation sites is 2. The Labute approximate surface area is 131 Å². The predicted molar refractivity (Wildman–Crippen MR) is 79.4 cm³/mol. The van der Waals surface area contributed by atoms with Crippen molar-refractivity contribution in [1.82, 2.24) is 0 Å². The molecule has 0 spiro atoms. The molecule has 2 aromatic carbocycles. The fourth-order valence-electron chi connectivity index (χ4n) is 2.67. The number of anilines is 1. The van der Waals surface area contributed by atoms with E-state index in [0.29, 0.717) is 24.3 Å². The first-order chi connectivity index (χ1) is 11.0. The number of alkyl halides is 3. The zero-order valence-electron chi connectivity index (χ0n) is 12.1. The molecule has 1 atom stereocenters. The molecule has 1 N–H and O–H groups in total. The minimum Gasteiger partial charge on any atom is -0.493 e. The van der Waals surface area contributed by atoms with E-state index in [1.165, 1.54) is 18.2 Å². The standard InChI is InChI=1S/C17H14F3NO2/c18-17(19,20)13-6-2-3-7-14(13)21-16(22)12-9-10-23-15-8-4-1-5-11(12)15/h1-8,12H,9-10H2,(H,21,22). The van der Waals surface area contributed by atoms with Crippen LogP contribution in [0.1, 0.15) is 23.5 Å². The highest BCUT2D eigenvalue weighted by molar-refractivity contribution is 5.97. The molecule has 6 heteroatoms. The zero-order valence-corrected chi connectivity index (χ0v) is 12.1. The summed E-state index contributed by atoms with van der Waals surface area (Å²) in [6, 6.07) is 12.0. The van der Waals surface area contributed by atoms with Gasteiger partial charge in [-0.2, -0.15) is 13.2 Å². The van der Waals surface area contributed by atoms with Crippen molar-refractivity contribution in [3.8, 4) is 5.75 Å². The molecule has 0 radical (unpaired) electrons. The SMILES string of the molecule is O=C(Nc1ccccc1C(F)(F)F)C1CCOc2ccccc21. The highest BCUT2D eigenvalue weighted by Gasteiger charge is 2.35. The molecule has 0 aromatic heterocycles. The third kappa shape index (κ3) is 3.16. The number of carbonyl (C=O) groups excluding carboxylic acids is 1. The maximum absolute atomic E-state index is 13.0. The second kappa shape index (κ2) is 5.95. The fraction of sp³-hybridized carbons (Fsp3) is 0.235. The van der Waals surface area contributed by atoms with Crippen LogP contribution in [0.15, 0.2) is 48.5 Å². The van der Waals surface area contributed by atoms with E-state index < -0.39 is 23.6 Å². The van der Waals surface area contributed by atoms with Crippen LogP contribution in [0.25, 0.3) is 0 Å². The molecule has 3 rings (SSSR count). The van der Waals surface area contributed by atoms with E-state index in [2.05, 4.69) is 5.32 Å². The maximum atomic E-state index is 13.0. The van der Waals surface area contributed by atoms with Crippen LogP contribution in [0.4, 0.5) is 18.9 Å². The molecule has 0 saturated carbocycles. The lowest BCUT2D eigenvalue weighted by Gasteiger charge is -2.25. The van der Waals surface area contributed by atoms with Gasteiger partial charge in [-0.3, -0.25) is 4.79 Å². The number of ether oxygens (including phenoxy) is 1. The first-order valence-corrected chi connectivity index (χ1v) is 7.15. The summed E-state index contributed by atoms with van der Waals surface area (Å²) in [6.07, 6.45) is -4.09. The molecule has 3 nitrogen and oxygen atoms in total. The summed E-state index contributed by atoms with van der Waals surface area (Å²) in [5.41, 5.74) is -0.386. The number of carbonyl (C=O) groups is 1. The molecule has 0 aliphatic carbocycles. The van der Waals surface area contributed by atoms with E-state index >= 15 is 0 Å². The molecular formula is C17H14F3NO2. The van der Waals surface area contributed by atoms with E-state index in [1.54, 1.807) is 24.3 Å². The van der Waals surface area contributed by atoms with Gasteiger partial charge in [-0.05, 0) is 24.6 Å². The van der Waals surface area contributed by atoms with Gasteiger partial charge in [0.25, 0.3) is 0 Å².